The average molecular weight is 235 g/mol. The van der Waals surface area contributed by atoms with Crippen LogP contribution in [0.2, 0.25) is 0 Å². The summed E-state index contributed by atoms with van der Waals surface area (Å²) in [6.45, 7) is 2.76. The largest absolute Gasteiger partial charge is 0.367 e. The molecule has 0 aromatic heterocycles. The van der Waals surface area contributed by atoms with Crippen LogP contribution in [0.5, 0.6) is 0 Å². The molecule has 90 valence electrons. The third kappa shape index (κ3) is 2.54. The maximum Gasteiger partial charge on any atom is 0.131 e. The highest BCUT2D eigenvalue weighted by atomic mass is 19.1. The van der Waals surface area contributed by atoms with E-state index in [-0.39, 0.29) is 6.04 Å². The summed E-state index contributed by atoms with van der Waals surface area (Å²) in [5.41, 5.74) is 0.550. The van der Waals surface area contributed by atoms with Crippen molar-refractivity contribution in [1.29, 1.82) is 0 Å². The van der Waals surface area contributed by atoms with E-state index in [4.69, 9.17) is 0 Å². The molecule has 1 aliphatic heterocycles. The molecule has 1 aromatic rings. The Balaban J connectivity index is 2.28. The Morgan fingerprint density at radius 2 is 2.12 bits per heavy atom. The van der Waals surface area contributed by atoms with Crippen LogP contribution < -0.4 is 0 Å². The number of halogens is 2. The molecular formula is C14H15F2N. The zero-order chi connectivity index (χ0) is 12.3. The molecule has 1 nitrogen and oxygen atoms in total. The van der Waals surface area contributed by atoms with Crippen LogP contribution in [0.25, 0.3) is 0 Å². The van der Waals surface area contributed by atoms with Gasteiger partial charge < -0.3 is 4.90 Å². The second-order valence-electron chi connectivity index (χ2n) is 4.06. The molecule has 0 aliphatic carbocycles. The summed E-state index contributed by atoms with van der Waals surface area (Å²) in [6, 6.07) is 3.74. The van der Waals surface area contributed by atoms with Gasteiger partial charge in [0, 0.05) is 18.2 Å². The molecule has 1 aromatic carbocycles. The zero-order valence-electron chi connectivity index (χ0n) is 9.74. The lowest BCUT2D eigenvalue weighted by molar-refractivity contribution is 0.289. The van der Waals surface area contributed by atoms with Gasteiger partial charge in [-0.2, -0.15) is 0 Å². The SMILES string of the molecule is CCC(c1ccc(F)cc1F)N1C=CC=CC1. The average Bonchev–Trinajstić information content (AvgIpc) is 2.34. The van der Waals surface area contributed by atoms with Crippen molar-refractivity contribution in [2.45, 2.75) is 19.4 Å². The lowest BCUT2D eigenvalue weighted by Crippen LogP contribution is -2.25. The number of rotatable bonds is 3. The number of hydrogen-bond acceptors (Lipinski definition) is 1. The van der Waals surface area contributed by atoms with Crippen molar-refractivity contribution in [3.05, 3.63) is 59.8 Å². The van der Waals surface area contributed by atoms with Crippen LogP contribution in [0.1, 0.15) is 24.9 Å². The van der Waals surface area contributed by atoms with Gasteiger partial charge in [-0.3, -0.25) is 0 Å². The topological polar surface area (TPSA) is 3.24 Å². The first-order valence-corrected chi connectivity index (χ1v) is 5.76. The summed E-state index contributed by atoms with van der Waals surface area (Å²) in [5.74, 6) is -1.00. The molecule has 0 N–H and O–H groups in total. The van der Waals surface area contributed by atoms with Gasteiger partial charge in [0.2, 0.25) is 0 Å². The monoisotopic (exact) mass is 235 g/mol. The van der Waals surface area contributed by atoms with Crippen LogP contribution in [0, 0.1) is 11.6 Å². The number of nitrogens with zero attached hydrogens (tertiary/aromatic N) is 1. The van der Waals surface area contributed by atoms with Gasteiger partial charge in [-0.25, -0.2) is 8.78 Å². The van der Waals surface area contributed by atoms with Crippen LogP contribution in [-0.4, -0.2) is 11.4 Å². The van der Waals surface area contributed by atoms with Crippen LogP contribution in [-0.2, 0) is 0 Å². The first-order valence-electron chi connectivity index (χ1n) is 5.76. The quantitative estimate of drug-likeness (QED) is 0.770. The van der Waals surface area contributed by atoms with Gasteiger partial charge in [-0.15, -0.1) is 0 Å². The van der Waals surface area contributed by atoms with Crippen molar-refractivity contribution in [3.63, 3.8) is 0 Å². The van der Waals surface area contributed by atoms with E-state index in [1.54, 1.807) is 0 Å². The molecule has 17 heavy (non-hydrogen) atoms. The molecule has 0 bridgehead atoms. The number of hydrogen-bond donors (Lipinski definition) is 0. The van der Waals surface area contributed by atoms with Crippen molar-refractivity contribution < 1.29 is 8.78 Å². The summed E-state index contributed by atoms with van der Waals surface area (Å²) in [4.78, 5) is 2.05. The fourth-order valence-corrected chi connectivity index (χ4v) is 2.12. The fraction of sp³-hybridized carbons (Fsp3) is 0.286. The predicted molar refractivity (Wildman–Crippen MR) is 64.4 cm³/mol. The highest BCUT2D eigenvalue weighted by molar-refractivity contribution is 5.24. The van der Waals surface area contributed by atoms with Gasteiger partial charge in [0.05, 0.1) is 6.04 Å². The van der Waals surface area contributed by atoms with Crippen LogP contribution in [0.3, 0.4) is 0 Å². The fourth-order valence-electron chi connectivity index (χ4n) is 2.12. The highest BCUT2D eigenvalue weighted by Crippen LogP contribution is 2.28. The minimum Gasteiger partial charge on any atom is -0.367 e. The van der Waals surface area contributed by atoms with E-state index >= 15 is 0 Å². The van der Waals surface area contributed by atoms with Crippen molar-refractivity contribution in [2.75, 3.05) is 6.54 Å². The van der Waals surface area contributed by atoms with E-state index in [9.17, 15) is 8.78 Å². The lowest BCUT2D eigenvalue weighted by atomic mass is 10.0. The molecule has 0 saturated heterocycles. The van der Waals surface area contributed by atoms with Crippen molar-refractivity contribution in [2.24, 2.45) is 0 Å². The highest BCUT2D eigenvalue weighted by Gasteiger charge is 2.19. The van der Waals surface area contributed by atoms with E-state index in [2.05, 4.69) is 4.90 Å². The van der Waals surface area contributed by atoms with Gasteiger partial charge >= 0.3 is 0 Å². The number of benzene rings is 1. The van der Waals surface area contributed by atoms with Gasteiger partial charge in [0.1, 0.15) is 11.6 Å². The van der Waals surface area contributed by atoms with E-state index in [0.29, 0.717) is 5.56 Å². The molecule has 3 heteroatoms. The number of allylic oxidation sites excluding steroid dienone is 2. The van der Waals surface area contributed by atoms with Crippen molar-refractivity contribution in [1.82, 2.24) is 4.90 Å². The summed E-state index contributed by atoms with van der Waals surface area (Å²) < 4.78 is 26.6. The van der Waals surface area contributed by atoms with Gasteiger partial charge in [-0.1, -0.05) is 25.1 Å². The van der Waals surface area contributed by atoms with Crippen LogP contribution in [0.15, 0.2) is 42.6 Å². The Hall–Kier alpha value is -1.64. The first-order chi connectivity index (χ1) is 8.22. The second kappa shape index (κ2) is 5.13. The Morgan fingerprint density at radius 1 is 1.29 bits per heavy atom. The normalized spacial score (nSPS) is 16.3. The minimum atomic E-state index is -0.532. The summed E-state index contributed by atoms with van der Waals surface area (Å²) in [5, 5.41) is 0. The maximum atomic E-state index is 13.7. The van der Waals surface area contributed by atoms with Crippen molar-refractivity contribution in [3.8, 4) is 0 Å². The first kappa shape index (κ1) is 11.8. The Labute approximate surface area is 100 Å². The van der Waals surface area contributed by atoms with E-state index in [1.807, 2.05) is 31.4 Å². The van der Waals surface area contributed by atoms with E-state index in [0.717, 1.165) is 19.0 Å². The van der Waals surface area contributed by atoms with Crippen LogP contribution in [0.4, 0.5) is 8.78 Å². The molecule has 1 aliphatic rings. The summed E-state index contributed by atoms with van der Waals surface area (Å²) in [6.07, 6.45) is 8.62. The molecule has 0 fully saturated rings. The second-order valence-corrected chi connectivity index (χ2v) is 4.06. The Bertz CT molecular complexity index is 452. The van der Waals surface area contributed by atoms with E-state index in [1.165, 1.54) is 12.1 Å². The smallest absolute Gasteiger partial charge is 0.131 e. The van der Waals surface area contributed by atoms with Crippen LogP contribution >= 0.6 is 0 Å². The predicted octanol–water partition coefficient (Wildman–Crippen LogP) is 3.80. The minimum absolute atomic E-state index is 0.0446. The maximum absolute atomic E-state index is 13.7. The van der Waals surface area contributed by atoms with Gasteiger partial charge in [0.25, 0.3) is 0 Å². The zero-order valence-corrected chi connectivity index (χ0v) is 9.74. The summed E-state index contributed by atoms with van der Waals surface area (Å²) in [7, 11) is 0. The van der Waals surface area contributed by atoms with Crippen molar-refractivity contribution >= 4 is 0 Å². The molecule has 0 amide bonds. The molecule has 1 atom stereocenters. The molecule has 0 radical (unpaired) electrons. The Kier molecular flexibility index (Phi) is 3.57. The third-order valence-corrected chi connectivity index (χ3v) is 2.95. The Morgan fingerprint density at radius 3 is 2.71 bits per heavy atom. The van der Waals surface area contributed by atoms with Gasteiger partial charge in [0.15, 0.2) is 0 Å². The molecule has 0 spiro atoms. The lowest BCUT2D eigenvalue weighted by Gasteiger charge is -2.30. The molecule has 1 unspecified atom stereocenters. The molecule has 0 saturated carbocycles. The molecular weight excluding hydrogens is 220 g/mol. The third-order valence-electron chi connectivity index (χ3n) is 2.95. The molecule has 1 heterocycles. The summed E-state index contributed by atoms with van der Waals surface area (Å²) >= 11 is 0. The molecule has 2 rings (SSSR count). The van der Waals surface area contributed by atoms with E-state index < -0.39 is 11.6 Å². The van der Waals surface area contributed by atoms with Gasteiger partial charge in [-0.05, 0) is 24.8 Å². The standard InChI is InChI=1S/C14H15F2N/c1-2-14(17-8-4-3-5-9-17)12-7-6-11(15)10-13(12)16/h3-8,10,14H,2,9H2,1H3.